The summed E-state index contributed by atoms with van der Waals surface area (Å²) in [6, 6.07) is 16.1. The third-order valence-electron chi connectivity index (χ3n) is 4.37. The third-order valence-corrected chi connectivity index (χ3v) is 5.56. The number of hydrogen-bond acceptors (Lipinski definition) is 3. The van der Waals surface area contributed by atoms with Crippen molar-refractivity contribution < 1.29 is 31.1 Å². The number of rotatable bonds is 2. The lowest BCUT2D eigenvalue weighted by Gasteiger charge is -2.28. The van der Waals surface area contributed by atoms with Crippen LogP contribution in [0.5, 0.6) is 0 Å². The van der Waals surface area contributed by atoms with Crippen LogP contribution < -0.4 is 21.9 Å². The van der Waals surface area contributed by atoms with Gasteiger partial charge in [0.25, 0.3) is 5.72 Å². The van der Waals surface area contributed by atoms with Crippen LogP contribution in [0.3, 0.4) is 0 Å². The predicted octanol–water partition coefficient (Wildman–Crippen LogP) is 0.000400. The van der Waals surface area contributed by atoms with E-state index in [1.54, 1.807) is 23.9 Å². The molecule has 2 aromatic carbocycles. The van der Waals surface area contributed by atoms with Crippen LogP contribution in [0.4, 0.5) is 10.1 Å². The molecule has 0 aliphatic carbocycles. The van der Waals surface area contributed by atoms with E-state index < -0.39 is 5.72 Å². The Kier molecular flexibility index (Phi) is 4.99. The first kappa shape index (κ1) is 17.5. The molecule has 0 saturated heterocycles. The van der Waals surface area contributed by atoms with Crippen molar-refractivity contribution in [3.05, 3.63) is 66.0 Å². The first-order chi connectivity index (χ1) is 11.2. The first-order valence-electron chi connectivity index (χ1n) is 7.77. The van der Waals surface area contributed by atoms with Gasteiger partial charge in [-0.2, -0.15) is 4.90 Å². The molecule has 6 heteroatoms. The minimum atomic E-state index is -1.13. The third kappa shape index (κ3) is 2.87. The number of aliphatic hydroxyl groups is 1. The molecule has 0 amide bonds. The summed E-state index contributed by atoms with van der Waals surface area (Å²) in [5.41, 5.74) is 0.530. The van der Waals surface area contributed by atoms with E-state index in [2.05, 4.69) is 4.58 Å². The van der Waals surface area contributed by atoms with Gasteiger partial charge in [-0.3, -0.25) is 0 Å². The SMILES string of the molecule is OC1(c2ccccc2)C[N+]2=C(SCCC2)N1c1ccc(F)cc1.[Br-]. The molecule has 2 aliphatic rings. The van der Waals surface area contributed by atoms with E-state index in [1.165, 1.54) is 12.1 Å². The molecule has 4 rings (SSSR count). The molecule has 0 saturated carbocycles. The average molecular weight is 409 g/mol. The van der Waals surface area contributed by atoms with E-state index in [0.29, 0.717) is 6.54 Å². The number of thioether (sulfide) groups is 1. The van der Waals surface area contributed by atoms with Gasteiger partial charge in [0, 0.05) is 11.3 Å². The summed E-state index contributed by atoms with van der Waals surface area (Å²) in [4.78, 5) is 1.95. The highest BCUT2D eigenvalue weighted by Gasteiger charge is 2.55. The van der Waals surface area contributed by atoms with Crippen molar-refractivity contribution in [2.75, 3.05) is 23.7 Å². The summed E-state index contributed by atoms with van der Waals surface area (Å²) in [5, 5.41) is 12.6. The van der Waals surface area contributed by atoms with Gasteiger partial charge in [-0.25, -0.2) is 8.97 Å². The molecule has 0 fully saturated rings. The highest BCUT2D eigenvalue weighted by atomic mass is 79.9. The van der Waals surface area contributed by atoms with Gasteiger partial charge in [-0.05, 0) is 42.4 Å². The van der Waals surface area contributed by atoms with Crippen molar-refractivity contribution >= 4 is 22.6 Å². The molecule has 0 bridgehead atoms. The van der Waals surface area contributed by atoms with Crippen molar-refractivity contribution in [2.45, 2.75) is 12.1 Å². The largest absolute Gasteiger partial charge is 1.00 e. The maximum atomic E-state index is 13.3. The predicted molar refractivity (Wildman–Crippen MR) is 91.3 cm³/mol. The van der Waals surface area contributed by atoms with Crippen LogP contribution in [0.25, 0.3) is 0 Å². The Hall–Kier alpha value is -1.37. The molecule has 2 heterocycles. The lowest BCUT2D eigenvalue weighted by Crippen LogP contribution is -3.00. The summed E-state index contributed by atoms with van der Waals surface area (Å²) in [5.74, 6) is 0.767. The van der Waals surface area contributed by atoms with Crippen molar-refractivity contribution in [1.82, 2.24) is 0 Å². The summed E-state index contributed by atoms with van der Waals surface area (Å²) in [7, 11) is 0. The fraction of sp³-hybridized carbons (Fsp3) is 0.278. The Morgan fingerprint density at radius 3 is 2.50 bits per heavy atom. The highest BCUT2D eigenvalue weighted by Crippen LogP contribution is 2.39. The van der Waals surface area contributed by atoms with Gasteiger partial charge in [0.2, 0.25) is 0 Å². The quantitative estimate of drug-likeness (QED) is 0.708. The van der Waals surface area contributed by atoms with E-state index in [1.807, 2.05) is 35.2 Å². The van der Waals surface area contributed by atoms with E-state index >= 15 is 0 Å². The fourth-order valence-electron chi connectivity index (χ4n) is 3.29. The standard InChI is InChI=1S/C18H18FN2OS.BrH/c19-15-7-9-16(10-8-15)21-17-20(11-4-12-23-17)13-18(21,22)14-5-2-1-3-6-14;/h1-3,5-10,22H,4,11-13H2;1H/q+1;/p-1. The molecule has 0 radical (unpaired) electrons. The summed E-state index contributed by atoms with van der Waals surface area (Å²) in [6.07, 6.45) is 1.11. The average Bonchev–Trinajstić information content (AvgIpc) is 2.90. The fourth-order valence-corrected chi connectivity index (χ4v) is 4.47. The van der Waals surface area contributed by atoms with Crippen molar-refractivity contribution in [2.24, 2.45) is 0 Å². The van der Waals surface area contributed by atoms with Gasteiger partial charge < -0.3 is 22.1 Å². The molecule has 1 unspecified atom stereocenters. The summed E-state index contributed by atoms with van der Waals surface area (Å²) >= 11 is 1.75. The Morgan fingerprint density at radius 2 is 1.79 bits per heavy atom. The van der Waals surface area contributed by atoms with Crippen LogP contribution >= 0.6 is 11.8 Å². The van der Waals surface area contributed by atoms with Crippen molar-refractivity contribution in [1.29, 1.82) is 0 Å². The second-order valence-electron chi connectivity index (χ2n) is 5.90. The minimum absolute atomic E-state index is 0. The van der Waals surface area contributed by atoms with E-state index in [-0.39, 0.29) is 22.8 Å². The number of hydrogen-bond donors (Lipinski definition) is 1. The second kappa shape index (κ2) is 6.86. The Bertz CT molecular complexity index is 753. The highest BCUT2D eigenvalue weighted by molar-refractivity contribution is 8.14. The molecule has 0 spiro atoms. The van der Waals surface area contributed by atoms with Crippen molar-refractivity contribution in [3.8, 4) is 0 Å². The van der Waals surface area contributed by atoms with Gasteiger partial charge in [0.05, 0.1) is 6.54 Å². The molecule has 1 atom stereocenters. The van der Waals surface area contributed by atoms with Gasteiger partial charge in [-0.15, -0.1) is 0 Å². The Morgan fingerprint density at radius 1 is 1.08 bits per heavy atom. The van der Waals surface area contributed by atoms with Crippen LogP contribution in [0, 0.1) is 5.82 Å². The monoisotopic (exact) mass is 408 g/mol. The topological polar surface area (TPSA) is 26.5 Å². The maximum Gasteiger partial charge on any atom is 0.316 e. The molecule has 1 N–H and O–H groups in total. The molecule has 0 aromatic heterocycles. The zero-order valence-corrected chi connectivity index (χ0v) is 15.4. The number of nitrogens with zero attached hydrogens (tertiary/aromatic N) is 2. The summed E-state index contributed by atoms with van der Waals surface area (Å²) in [6.45, 7) is 1.46. The second-order valence-corrected chi connectivity index (χ2v) is 6.96. The van der Waals surface area contributed by atoms with Crippen LogP contribution in [0.2, 0.25) is 0 Å². The molecule has 2 aliphatic heterocycles. The Balaban J connectivity index is 0.00000169. The van der Waals surface area contributed by atoms with Crippen LogP contribution in [-0.2, 0) is 5.72 Å². The normalized spacial score (nSPS) is 23.0. The van der Waals surface area contributed by atoms with Gasteiger partial charge in [0.15, 0.2) is 6.54 Å². The van der Waals surface area contributed by atoms with Gasteiger partial charge >= 0.3 is 5.17 Å². The number of halogens is 2. The van der Waals surface area contributed by atoms with E-state index in [4.69, 9.17) is 0 Å². The number of benzene rings is 2. The zero-order chi connectivity index (χ0) is 15.9. The van der Waals surface area contributed by atoms with E-state index in [0.717, 1.165) is 35.1 Å². The zero-order valence-electron chi connectivity index (χ0n) is 13.0. The smallest absolute Gasteiger partial charge is 0.316 e. The molecular formula is C18H18BrFN2OS. The Labute approximate surface area is 155 Å². The lowest BCUT2D eigenvalue weighted by molar-refractivity contribution is -0.532. The molecule has 24 heavy (non-hydrogen) atoms. The minimum Gasteiger partial charge on any atom is -1.00 e. The van der Waals surface area contributed by atoms with Crippen molar-refractivity contribution in [3.63, 3.8) is 0 Å². The van der Waals surface area contributed by atoms with Crippen LogP contribution in [-0.4, -0.2) is 33.7 Å². The van der Waals surface area contributed by atoms with Gasteiger partial charge in [-0.1, -0.05) is 30.3 Å². The van der Waals surface area contributed by atoms with Crippen LogP contribution in [0.1, 0.15) is 12.0 Å². The maximum absolute atomic E-state index is 13.3. The lowest BCUT2D eigenvalue weighted by atomic mass is 10.0. The molecule has 2 aromatic rings. The van der Waals surface area contributed by atoms with E-state index in [9.17, 15) is 9.50 Å². The number of amidine groups is 1. The molecule has 3 nitrogen and oxygen atoms in total. The van der Waals surface area contributed by atoms with Crippen LogP contribution in [0.15, 0.2) is 54.6 Å². The molecule has 126 valence electrons. The summed E-state index contributed by atoms with van der Waals surface area (Å²) < 4.78 is 15.5. The first-order valence-corrected chi connectivity index (χ1v) is 8.75. The van der Waals surface area contributed by atoms with Gasteiger partial charge in [0.1, 0.15) is 11.5 Å². The molecular weight excluding hydrogens is 391 g/mol. The number of anilines is 1.